The second kappa shape index (κ2) is 7.59. The van der Waals surface area contributed by atoms with E-state index in [0.29, 0.717) is 29.6 Å². The summed E-state index contributed by atoms with van der Waals surface area (Å²) in [5, 5.41) is 0. The third kappa shape index (κ3) is 3.57. The van der Waals surface area contributed by atoms with Crippen LogP contribution in [0.25, 0.3) is 0 Å². The van der Waals surface area contributed by atoms with E-state index in [2.05, 4.69) is 26.5 Å². The van der Waals surface area contributed by atoms with Crippen molar-refractivity contribution in [1.82, 2.24) is 0 Å². The van der Waals surface area contributed by atoms with E-state index in [1.165, 1.54) is 6.08 Å². The van der Waals surface area contributed by atoms with Crippen molar-refractivity contribution in [2.24, 2.45) is 29.6 Å². The van der Waals surface area contributed by atoms with Gasteiger partial charge in [0.1, 0.15) is 11.2 Å². The minimum Gasteiger partial charge on any atom is -0.456 e. The first-order valence-electron chi connectivity index (χ1n) is 11.6. The van der Waals surface area contributed by atoms with Gasteiger partial charge in [0, 0.05) is 11.6 Å². The topological polar surface area (TPSA) is 52.6 Å². The molecule has 0 atom stereocenters. The summed E-state index contributed by atoms with van der Waals surface area (Å²) in [6, 6.07) is 0. The Balaban J connectivity index is 1.44. The molecule has 0 radical (unpaired) electrons. The van der Waals surface area contributed by atoms with E-state index in [9.17, 15) is 9.59 Å². The van der Waals surface area contributed by atoms with E-state index < -0.39 is 0 Å². The lowest BCUT2D eigenvalue weighted by Gasteiger charge is -2.61. The largest absolute Gasteiger partial charge is 0.456 e. The first-order chi connectivity index (χ1) is 13.8. The standard InChI is InChI=1S/C25H36O4/c1-5-22(26)28-24(4)19-12-17-13-20(24)15-18(14-19)21(17)11-16(3)23(27)29-25(6-2)9-7-8-10-25/h5,11,17-21H,1,6-10,12-15H2,2-4H3/b16-11+. The number of ether oxygens (including phenoxy) is 2. The maximum atomic E-state index is 12.8. The molecule has 29 heavy (non-hydrogen) atoms. The molecular formula is C25H36O4. The molecule has 5 fully saturated rings. The maximum absolute atomic E-state index is 12.8. The zero-order chi connectivity index (χ0) is 20.8. The Kier molecular flexibility index (Phi) is 5.41. The van der Waals surface area contributed by atoms with E-state index in [4.69, 9.17) is 9.47 Å². The molecule has 0 heterocycles. The fourth-order valence-electron chi connectivity index (χ4n) is 7.01. The Bertz CT molecular complexity index is 682. The van der Waals surface area contributed by atoms with E-state index in [1.807, 2.05) is 6.92 Å². The molecule has 0 saturated heterocycles. The van der Waals surface area contributed by atoms with Gasteiger partial charge in [-0.25, -0.2) is 9.59 Å². The van der Waals surface area contributed by atoms with E-state index in [0.717, 1.165) is 63.4 Å². The van der Waals surface area contributed by atoms with Crippen LogP contribution in [0.3, 0.4) is 0 Å². The van der Waals surface area contributed by atoms with Crippen molar-refractivity contribution < 1.29 is 19.1 Å². The summed E-state index contributed by atoms with van der Waals surface area (Å²) in [5.41, 5.74) is 0.201. The molecule has 5 rings (SSSR count). The van der Waals surface area contributed by atoms with Crippen molar-refractivity contribution in [3.63, 3.8) is 0 Å². The zero-order valence-electron chi connectivity index (χ0n) is 18.2. The van der Waals surface area contributed by atoms with Crippen molar-refractivity contribution in [2.75, 3.05) is 0 Å². The molecule has 0 aromatic carbocycles. The number of esters is 2. The monoisotopic (exact) mass is 400 g/mol. The second-order valence-corrected chi connectivity index (χ2v) is 10.2. The van der Waals surface area contributed by atoms with Crippen LogP contribution in [0.15, 0.2) is 24.3 Å². The number of hydrogen-bond donors (Lipinski definition) is 0. The van der Waals surface area contributed by atoms with Gasteiger partial charge < -0.3 is 9.47 Å². The zero-order valence-corrected chi connectivity index (χ0v) is 18.2. The SMILES string of the molecule is C=CC(=O)OC1(C)C2CC3CC1CC(C2)C3/C=C(\C)C(=O)OC1(CC)CCCC1. The van der Waals surface area contributed by atoms with E-state index >= 15 is 0 Å². The highest BCUT2D eigenvalue weighted by molar-refractivity contribution is 5.88. The number of allylic oxidation sites excluding steroid dienone is 1. The number of rotatable bonds is 6. The van der Waals surface area contributed by atoms with Crippen LogP contribution < -0.4 is 0 Å². The Hall–Kier alpha value is -1.58. The van der Waals surface area contributed by atoms with Crippen molar-refractivity contribution in [1.29, 1.82) is 0 Å². The third-order valence-corrected chi connectivity index (χ3v) is 8.78. The van der Waals surface area contributed by atoms with Crippen LogP contribution in [0, 0.1) is 29.6 Å². The lowest BCUT2D eigenvalue weighted by atomic mass is 9.46. The van der Waals surface area contributed by atoms with Crippen LogP contribution in [-0.4, -0.2) is 23.1 Å². The van der Waals surface area contributed by atoms with E-state index in [1.54, 1.807) is 0 Å². The fraction of sp³-hybridized carbons (Fsp3) is 0.760. The minimum atomic E-state index is -0.350. The molecule has 0 spiro atoms. The summed E-state index contributed by atoms with van der Waals surface area (Å²) in [5.74, 6) is 2.06. The first kappa shape index (κ1) is 20.7. The molecule has 5 aliphatic rings. The van der Waals surface area contributed by atoms with Gasteiger partial charge >= 0.3 is 11.9 Å². The summed E-state index contributed by atoms with van der Waals surface area (Å²) in [4.78, 5) is 24.7. The highest BCUT2D eigenvalue weighted by atomic mass is 16.6. The highest BCUT2D eigenvalue weighted by Crippen LogP contribution is 2.62. The summed E-state index contributed by atoms with van der Waals surface area (Å²) >= 11 is 0. The fourth-order valence-corrected chi connectivity index (χ4v) is 7.01. The molecule has 160 valence electrons. The van der Waals surface area contributed by atoms with Crippen LogP contribution >= 0.6 is 0 Å². The van der Waals surface area contributed by atoms with Gasteiger partial charge in [0.2, 0.25) is 0 Å². The molecule has 5 saturated carbocycles. The second-order valence-electron chi connectivity index (χ2n) is 10.2. The molecule has 0 aromatic heterocycles. The summed E-state index contributed by atoms with van der Waals surface area (Å²) in [6.07, 6.45) is 13.1. The van der Waals surface area contributed by atoms with Gasteiger partial charge in [0.05, 0.1) is 0 Å². The Morgan fingerprint density at radius 1 is 1.03 bits per heavy atom. The van der Waals surface area contributed by atoms with Gasteiger partial charge in [-0.05, 0) is 101 Å². The van der Waals surface area contributed by atoms with Crippen LogP contribution in [0.4, 0.5) is 0 Å². The Labute approximate surface area is 175 Å². The maximum Gasteiger partial charge on any atom is 0.333 e. The van der Waals surface area contributed by atoms with Gasteiger partial charge in [0.25, 0.3) is 0 Å². The van der Waals surface area contributed by atoms with Crippen molar-refractivity contribution in [2.45, 2.75) is 89.8 Å². The number of carbonyl (C=O) groups excluding carboxylic acids is 2. The predicted molar refractivity (Wildman–Crippen MR) is 112 cm³/mol. The molecule has 4 nitrogen and oxygen atoms in total. The third-order valence-electron chi connectivity index (χ3n) is 8.78. The smallest absolute Gasteiger partial charge is 0.333 e. The van der Waals surface area contributed by atoms with Gasteiger partial charge in [0.15, 0.2) is 0 Å². The molecule has 0 amide bonds. The molecule has 0 aliphatic heterocycles. The van der Waals surface area contributed by atoms with E-state index in [-0.39, 0.29) is 23.1 Å². The first-order valence-corrected chi connectivity index (χ1v) is 11.6. The molecule has 4 heteroatoms. The van der Waals surface area contributed by atoms with Crippen LogP contribution in [-0.2, 0) is 19.1 Å². The quantitative estimate of drug-likeness (QED) is 0.444. The molecular weight excluding hydrogens is 364 g/mol. The van der Waals surface area contributed by atoms with Crippen LogP contribution in [0.1, 0.15) is 78.6 Å². The number of carbonyl (C=O) groups is 2. The van der Waals surface area contributed by atoms with Gasteiger partial charge in [-0.1, -0.05) is 19.6 Å². The lowest BCUT2D eigenvalue weighted by molar-refractivity contribution is -0.205. The van der Waals surface area contributed by atoms with Crippen molar-refractivity contribution in [3.05, 3.63) is 24.3 Å². The Morgan fingerprint density at radius 3 is 2.07 bits per heavy atom. The highest BCUT2D eigenvalue weighted by Gasteiger charge is 2.59. The predicted octanol–water partition coefficient (Wildman–Crippen LogP) is 5.37. The van der Waals surface area contributed by atoms with Crippen molar-refractivity contribution in [3.8, 4) is 0 Å². The molecule has 0 unspecified atom stereocenters. The summed E-state index contributed by atoms with van der Waals surface area (Å²) in [6.45, 7) is 9.75. The molecule has 5 aliphatic carbocycles. The molecule has 0 N–H and O–H groups in total. The Morgan fingerprint density at radius 2 is 1.59 bits per heavy atom. The number of hydrogen-bond acceptors (Lipinski definition) is 4. The van der Waals surface area contributed by atoms with Gasteiger partial charge in [-0.2, -0.15) is 0 Å². The average Bonchev–Trinajstić information content (AvgIpc) is 3.15. The van der Waals surface area contributed by atoms with Crippen molar-refractivity contribution >= 4 is 11.9 Å². The van der Waals surface area contributed by atoms with Crippen LogP contribution in [0.2, 0.25) is 0 Å². The normalized spacial score (nSPS) is 40.0. The summed E-state index contributed by atoms with van der Waals surface area (Å²) in [7, 11) is 0. The van der Waals surface area contributed by atoms with Gasteiger partial charge in [-0.3, -0.25) is 0 Å². The molecule has 0 aromatic rings. The van der Waals surface area contributed by atoms with Crippen LogP contribution in [0.5, 0.6) is 0 Å². The van der Waals surface area contributed by atoms with Gasteiger partial charge in [-0.15, -0.1) is 0 Å². The molecule has 4 bridgehead atoms. The minimum absolute atomic E-state index is 0.118. The lowest BCUT2D eigenvalue weighted by Crippen LogP contribution is -2.60. The summed E-state index contributed by atoms with van der Waals surface area (Å²) < 4.78 is 11.9. The average molecular weight is 401 g/mol.